The molecule has 0 aromatic carbocycles. The highest BCUT2D eigenvalue weighted by Crippen LogP contribution is 1.65. The third kappa shape index (κ3) is 34.5. The summed E-state index contributed by atoms with van der Waals surface area (Å²) in [6, 6.07) is 1.75. The Labute approximate surface area is 83.5 Å². The van der Waals surface area contributed by atoms with E-state index in [1.54, 1.807) is 6.07 Å². The molecule has 1 heterocycles. The minimum Gasteiger partial charge on any atom is -0.314 e. The Kier molecular flexibility index (Phi) is 42.2. The average Bonchev–Trinajstić information content (AvgIpc) is 2.27. The van der Waals surface area contributed by atoms with Crippen LogP contribution in [0.3, 0.4) is 0 Å². The number of piperazine rings is 1. The van der Waals surface area contributed by atoms with Gasteiger partial charge in [-0.25, -0.2) is 0 Å². The van der Waals surface area contributed by atoms with Crippen molar-refractivity contribution in [2.24, 2.45) is 0 Å². The number of nitrogens with one attached hydrogen (secondary N) is 2. The molecule has 0 aliphatic carbocycles. The molecule has 80 valence electrons. The van der Waals surface area contributed by atoms with Gasteiger partial charge in [0.1, 0.15) is 0 Å². The highest BCUT2D eigenvalue weighted by Gasteiger charge is 1.91. The van der Waals surface area contributed by atoms with Crippen LogP contribution < -0.4 is 10.6 Å². The normalized spacial score (nSPS) is 12.6. The summed E-state index contributed by atoms with van der Waals surface area (Å²) < 4.78 is 0. The largest absolute Gasteiger partial charge is 0.314 e. The molecule has 2 N–H and O–H groups in total. The molecule has 0 saturated carbocycles. The lowest BCUT2D eigenvalue weighted by molar-refractivity contribution is 0.534. The van der Waals surface area contributed by atoms with Crippen LogP contribution in [0.1, 0.15) is 34.6 Å². The van der Waals surface area contributed by atoms with Crippen LogP contribution in [0.25, 0.3) is 0 Å². The van der Waals surface area contributed by atoms with Gasteiger partial charge in [0.25, 0.3) is 0 Å². The first-order chi connectivity index (χ1) is 6.41. The monoisotopic (exact) mass is 187 g/mol. The first kappa shape index (κ1) is 18.2. The fourth-order valence-corrected chi connectivity index (χ4v) is 0.604. The number of nitrogens with zero attached hydrogens (tertiary/aromatic N) is 1. The average molecular weight is 187 g/mol. The SMILES string of the molecule is C1CNCCN1.CC.CC.CC#N. The zero-order chi connectivity index (χ0) is 10.9. The van der Waals surface area contributed by atoms with Gasteiger partial charge < -0.3 is 10.6 Å². The molecule has 0 amide bonds. The second-order valence-electron chi connectivity index (χ2n) is 1.72. The fraction of sp³-hybridized carbons (Fsp3) is 0.900. The molecule has 0 spiro atoms. The Morgan fingerprint density at radius 1 is 0.846 bits per heavy atom. The first-order valence-electron chi connectivity index (χ1n) is 5.14. The summed E-state index contributed by atoms with van der Waals surface area (Å²) in [4.78, 5) is 0. The zero-order valence-electron chi connectivity index (χ0n) is 9.78. The molecule has 1 aliphatic heterocycles. The van der Waals surface area contributed by atoms with Gasteiger partial charge in [0.05, 0.1) is 6.07 Å². The van der Waals surface area contributed by atoms with E-state index in [2.05, 4.69) is 10.6 Å². The molecular weight excluding hydrogens is 162 g/mol. The molecule has 0 radical (unpaired) electrons. The number of nitriles is 1. The van der Waals surface area contributed by atoms with Crippen molar-refractivity contribution >= 4 is 0 Å². The topological polar surface area (TPSA) is 47.8 Å². The maximum Gasteiger partial charge on any atom is 0.0587 e. The quantitative estimate of drug-likeness (QED) is 0.607. The summed E-state index contributed by atoms with van der Waals surface area (Å²) >= 11 is 0. The van der Waals surface area contributed by atoms with Crippen LogP contribution in [0.5, 0.6) is 0 Å². The van der Waals surface area contributed by atoms with Gasteiger partial charge in [0.15, 0.2) is 0 Å². The second kappa shape index (κ2) is 30.1. The maximum atomic E-state index is 7.32. The molecule has 0 bridgehead atoms. The molecule has 0 aromatic heterocycles. The van der Waals surface area contributed by atoms with Gasteiger partial charge in [-0.3, -0.25) is 0 Å². The van der Waals surface area contributed by atoms with Crippen molar-refractivity contribution in [3.8, 4) is 6.07 Å². The van der Waals surface area contributed by atoms with E-state index in [0.717, 1.165) is 26.2 Å². The Morgan fingerprint density at radius 2 is 1.00 bits per heavy atom. The highest BCUT2D eigenvalue weighted by atomic mass is 15.0. The van der Waals surface area contributed by atoms with Gasteiger partial charge in [-0.1, -0.05) is 27.7 Å². The van der Waals surface area contributed by atoms with Crippen LogP contribution in [0.2, 0.25) is 0 Å². The first-order valence-corrected chi connectivity index (χ1v) is 5.14. The van der Waals surface area contributed by atoms with E-state index < -0.39 is 0 Å². The summed E-state index contributed by atoms with van der Waals surface area (Å²) in [6.07, 6.45) is 0. The highest BCUT2D eigenvalue weighted by molar-refractivity contribution is 4.59. The molecular formula is C10H25N3. The maximum absolute atomic E-state index is 7.32. The van der Waals surface area contributed by atoms with Crippen LogP contribution in [0.4, 0.5) is 0 Å². The van der Waals surface area contributed by atoms with E-state index in [1.165, 1.54) is 6.92 Å². The summed E-state index contributed by atoms with van der Waals surface area (Å²) in [7, 11) is 0. The van der Waals surface area contributed by atoms with Crippen LogP contribution in [0.15, 0.2) is 0 Å². The van der Waals surface area contributed by atoms with Crippen molar-refractivity contribution in [3.05, 3.63) is 0 Å². The lowest BCUT2D eigenvalue weighted by Gasteiger charge is -2.11. The molecule has 13 heavy (non-hydrogen) atoms. The predicted octanol–water partition coefficient (Wildman–Crippen LogP) is 1.76. The molecule has 1 aliphatic rings. The summed E-state index contributed by atoms with van der Waals surface area (Å²) in [5, 5.41) is 13.8. The van der Waals surface area contributed by atoms with Crippen molar-refractivity contribution in [1.29, 1.82) is 5.26 Å². The minimum atomic E-state index is 1.14. The van der Waals surface area contributed by atoms with Crippen molar-refractivity contribution in [2.75, 3.05) is 26.2 Å². The van der Waals surface area contributed by atoms with E-state index in [4.69, 9.17) is 5.26 Å². The fourth-order valence-electron chi connectivity index (χ4n) is 0.604. The third-order valence-corrected chi connectivity index (χ3v) is 0.957. The summed E-state index contributed by atoms with van der Waals surface area (Å²) in [5.41, 5.74) is 0. The van der Waals surface area contributed by atoms with E-state index in [1.807, 2.05) is 27.7 Å². The minimum absolute atomic E-state index is 1.14. The lowest BCUT2D eigenvalue weighted by atomic mass is 10.4. The smallest absolute Gasteiger partial charge is 0.0587 e. The van der Waals surface area contributed by atoms with Gasteiger partial charge in [0, 0.05) is 33.1 Å². The van der Waals surface area contributed by atoms with Gasteiger partial charge in [-0.2, -0.15) is 5.26 Å². The molecule has 0 atom stereocenters. The molecule has 1 rings (SSSR count). The standard InChI is InChI=1S/C4H10N2.C2H3N.2C2H6/c1-2-6-4-3-5-1;1-2-3;2*1-2/h5-6H,1-4H2;1H3;2*1-2H3. The van der Waals surface area contributed by atoms with Gasteiger partial charge in [0.2, 0.25) is 0 Å². The van der Waals surface area contributed by atoms with Gasteiger partial charge >= 0.3 is 0 Å². The molecule has 0 unspecified atom stereocenters. The number of hydrogen-bond donors (Lipinski definition) is 2. The second-order valence-corrected chi connectivity index (χ2v) is 1.72. The Bertz CT molecular complexity index is 71.2. The Balaban J connectivity index is -0.000000124. The van der Waals surface area contributed by atoms with E-state index in [9.17, 15) is 0 Å². The molecule has 1 fully saturated rings. The third-order valence-electron chi connectivity index (χ3n) is 0.957. The van der Waals surface area contributed by atoms with E-state index >= 15 is 0 Å². The van der Waals surface area contributed by atoms with Crippen molar-refractivity contribution in [2.45, 2.75) is 34.6 Å². The predicted molar refractivity (Wildman–Crippen MR) is 59.7 cm³/mol. The van der Waals surface area contributed by atoms with E-state index in [0.29, 0.717) is 0 Å². The van der Waals surface area contributed by atoms with Crippen LogP contribution in [-0.2, 0) is 0 Å². The van der Waals surface area contributed by atoms with Gasteiger partial charge in [-0.05, 0) is 0 Å². The van der Waals surface area contributed by atoms with Crippen LogP contribution >= 0.6 is 0 Å². The van der Waals surface area contributed by atoms with Crippen LogP contribution in [-0.4, -0.2) is 26.2 Å². The van der Waals surface area contributed by atoms with Crippen LogP contribution in [0, 0.1) is 11.3 Å². The summed E-state index contributed by atoms with van der Waals surface area (Å²) in [6.45, 7) is 14.0. The van der Waals surface area contributed by atoms with E-state index in [-0.39, 0.29) is 0 Å². The van der Waals surface area contributed by atoms with Crippen molar-refractivity contribution in [1.82, 2.24) is 10.6 Å². The molecule has 3 heteroatoms. The summed E-state index contributed by atoms with van der Waals surface area (Å²) in [5.74, 6) is 0. The number of rotatable bonds is 0. The molecule has 1 saturated heterocycles. The number of hydrogen-bond acceptors (Lipinski definition) is 3. The molecule has 3 nitrogen and oxygen atoms in total. The molecule has 0 aromatic rings. The Morgan fingerprint density at radius 3 is 1.08 bits per heavy atom. The lowest BCUT2D eigenvalue weighted by Crippen LogP contribution is -2.39. The van der Waals surface area contributed by atoms with Crippen molar-refractivity contribution < 1.29 is 0 Å². The van der Waals surface area contributed by atoms with Crippen molar-refractivity contribution in [3.63, 3.8) is 0 Å². The zero-order valence-corrected chi connectivity index (χ0v) is 9.78. The van der Waals surface area contributed by atoms with Gasteiger partial charge in [-0.15, -0.1) is 0 Å². The Hall–Kier alpha value is -0.590.